The van der Waals surface area contributed by atoms with Crippen LogP contribution in [-0.4, -0.2) is 66.8 Å². The number of rotatable bonds is 0. The fourth-order valence-corrected chi connectivity index (χ4v) is 12.0. The summed E-state index contributed by atoms with van der Waals surface area (Å²) in [6.45, 7) is 0. The first-order chi connectivity index (χ1) is 22.8. The van der Waals surface area contributed by atoms with E-state index in [0.29, 0.717) is 49.3 Å². The quantitative estimate of drug-likeness (QED) is 0.132. The molecule has 8 atom stereocenters. The molecule has 8 bridgehead atoms. The molecule has 15 heteroatoms. The first kappa shape index (κ1) is 35.3. The Morgan fingerprint density at radius 1 is 0.340 bits per heavy atom. The number of hydrogen-bond acceptors (Lipinski definition) is 13. The summed E-state index contributed by atoms with van der Waals surface area (Å²) in [7, 11) is -5.17. The molecule has 0 aromatic heterocycles. The van der Waals surface area contributed by atoms with Gasteiger partial charge in [0, 0.05) is 10.4 Å². The maximum absolute atomic E-state index is 8.52. The van der Waals surface area contributed by atoms with Gasteiger partial charge >= 0.3 is 21.0 Å². The Bertz CT molecular complexity index is 960. The van der Waals surface area contributed by atoms with Gasteiger partial charge in [0.15, 0.2) is 0 Å². The van der Waals surface area contributed by atoms with E-state index in [1.54, 1.807) is 0 Å². The molecule has 0 radical (unpaired) electrons. The Kier molecular flexibility index (Phi) is 11.5. The third-order valence-electron chi connectivity index (χ3n) is 13.8. The Morgan fingerprint density at radius 3 is 0.553 bits per heavy atom. The van der Waals surface area contributed by atoms with Gasteiger partial charge in [-0.25, -0.2) is 0 Å². The van der Waals surface area contributed by atoms with Crippen molar-refractivity contribution in [2.45, 2.75) is 152 Å². The van der Waals surface area contributed by atoms with Gasteiger partial charge in [0.1, 0.15) is 0 Å². The Balaban J connectivity index is 0.000000462. The standard InChI is InChI=1S/C32H56N8.H2O4S.O.V/c1-2-10-18-17(9-1)25-33-26(18)38-28-21-13-5-6-14-22(21)30(35-28)40-32-24-16-8-7-15-23(24)31(36-32)39-29-20-12-4-3-11-19(20)27(34-29)37-25;1-5(2,3)4;;/h17-40H,1-16H2;(H2,1,2,3,4);;/q;;;+2/p-2. The van der Waals surface area contributed by atoms with Crippen LogP contribution < -0.4 is 42.5 Å². The molecule has 4 saturated carbocycles. The normalized spacial score (nSPS) is 50.4. The number of fused-ring (bicyclic) bond motifs is 20. The molecular formula is C32H56N8O5SV. The van der Waals surface area contributed by atoms with Gasteiger partial charge in [-0.3, -0.25) is 51.0 Å². The van der Waals surface area contributed by atoms with Gasteiger partial charge in [-0.2, -0.15) is 0 Å². The molecule has 0 amide bonds. The third-order valence-corrected chi connectivity index (χ3v) is 13.8. The zero-order valence-electron chi connectivity index (χ0n) is 27.4. The second-order valence-electron chi connectivity index (χ2n) is 16.0. The summed E-state index contributed by atoms with van der Waals surface area (Å²) in [5.74, 6) is 5.97. The van der Waals surface area contributed by atoms with E-state index in [4.69, 9.17) is 21.2 Å². The van der Waals surface area contributed by atoms with Gasteiger partial charge in [-0.1, -0.05) is 51.4 Å². The zero-order valence-corrected chi connectivity index (χ0v) is 29.7. The van der Waals surface area contributed by atoms with Crippen molar-refractivity contribution >= 4 is 10.4 Å². The maximum atomic E-state index is 8.52. The van der Waals surface area contributed by atoms with Crippen molar-refractivity contribution in [3.8, 4) is 0 Å². The molecule has 13 nitrogen and oxygen atoms in total. The van der Waals surface area contributed by atoms with Crippen molar-refractivity contribution in [1.29, 1.82) is 0 Å². The Morgan fingerprint density at radius 2 is 0.447 bits per heavy atom. The van der Waals surface area contributed by atoms with Crippen LogP contribution in [0.25, 0.3) is 0 Å². The summed E-state index contributed by atoms with van der Waals surface area (Å²) < 4.78 is 42.3. The van der Waals surface area contributed by atoms with Crippen LogP contribution in [0.5, 0.6) is 0 Å². The van der Waals surface area contributed by atoms with Crippen LogP contribution in [0.3, 0.4) is 0 Å². The molecule has 265 valence electrons. The summed E-state index contributed by atoms with van der Waals surface area (Å²) >= 11 is 1.06. The second-order valence-corrected chi connectivity index (χ2v) is 16.8. The molecule has 0 spiro atoms. The van der Waals surface area contributed by atoms with Crippen LogP contribution in [0.4, 0.5) is 0 Å². The predicted molar refractivity (Wildman–Crippen MR) is 168 cm³/mol. The van der Waals surface area contributed by atoms with Crippen LogP contribution in [0.15, 0.2) is 0 Å². The molecular weight excluding hydrogens is 659 g/mol. The Hall–Kier alpha value is -0.0656. The first-order valence-corrected chi connectivity index (χ1v) is 20.6. The van der Waals surface area contributed by atoms with Gasteiger partial charge in [0.2, 0.25) is 0 Å². The summed E-state index contributed by atoms with van der Waals surface area (Å²) in [6, 6.07) is 0. The SMILES string of the molecule is C1CCC2C3NC(NC4NC(NC5NC(NC6NC(N3)C3CCCCC63)C3CCCCC53)C3CCCCC43)C2C1.O=S(=O)([O-])[O-].[O]=[V+2]. The van der Waals surface area contributed by atoms with Gasteiger partial charge in [0.25, 0.3) is 0 Å². The molecule has 8 N–H and O–H groups in total. The van der Waals surface area contributed by atoms with Crippen molar-refractivity contribution < 1.29 is 38.6 Å². The van der Waals surface area contributed by atoms with E-state index in [1.807, 2.05) is 0 Å². The fourth-order valence-electron chi connectivity index (χ4n) is 12.0. The third kappa shape index (κ3) is 7.61. The van der Waals surface area contributed by atoms with Gasteiger partial charge in [0.05, 0.1) is 49.3 Å². The number of nitrogens with one attached hydrogen (secondary N) is 8. The molecule has 9 rings (SSSR count). The van der Waals surface area contributed by atoms with Gasteiger partial charge in [-0.15, -0.1) is 0 Å². The van der Waals surface area contributed by atoms with Crippen molar-refractivity contribution in [3.63, 3.8) is 0 Å². The van der Waals surface area contributed by atoms with Crippen LogP contribution in [0, 0.1) is 47.3 Å². The second kappa shape index (κ2) is 15.3. The van der Waals surface area contributed by atoms with Crippen LogP contribution >= 0.6 is 0 Å². The minimum absolute atomic E-state index is 0.420. The van der Waals surface area contributed by atoms with Crippen molar-refractivity contribution in [3.05, 3.63) is 0 Å². The summed E-state index contributed by atoms with van der Waals surface area (Å²) in [6.07, 6.45) is 25.6. The van der Waals surface area contributed by atoms with E-state index in [2.05, 4.69) is 42.5 Å². The van der Waals surface area contributed by atoms with E-state index < -0.39 is 10.4 Å². The molecule has 9 fully saturated rings. The van der Waals surface area contributed by atoms with E-state index in [1.165, 1.54) is 103 Å². The van der Waals surface area contributed by atoms with Gasteiger partial charge in [-0.05, 0) is 98.7 Å². The molecule has 0 aromatic rings. The van der Waals surface area contributed by atoms with Crippen LogP contribution in [0.2, 0.25) is 0 Å². The van der Waals surface area contributed by atoms with Crippen LogP contribution in [-0.2, 0) is 31.4 Å². The molecule has 5 saturated heterocycles. The van der Waals surface area contributed by atoms with Gasteiger partial charge < -0.3 is 9.11 Å². The molecule has 5 aliphatic heterocycles. The monoisotopic (exact) mass is 715 g/mol. The van der Waals surface area contributed by atoms with Crippen molar-refractivity contribution in [2.24, 2.45) is 47.3 Å². The van der Waals surface area contributed by atoms with E-state index in [0.717, 1.165) is 64.7 Å². The topological polar surface area (TPSA) is 194 Å². The summed E-state index contributed by atoms with van der Waals surface area (Å²) in [5, 5.41) is 33.8. The van der Waals surface area contributed by atoms with Crippen molar-refractivity contribution in [2.75, 3.05) is 0 Å². The van der Waals surface area contributed by atoms with E-state index in [9.17, 15) is 0 Å². The fraction of sp³-hybridized carbons (Fsp3) is 1.00. The molecule has 4 aliphatic carbocycles. The van der Waals surface area contributed by atoms with Crippen LogP contribution in [0.1, 0.15) is 103 Å². The van der Waals surface area contributed by atoms with E-state index in [-0.39, 0.29) is 0 Å². The summed E-state index contributed by atoms with van der Waals surface area (Å²) in [4.78, 5) is 0. The van der Waals surface area contributed by atoms with E-state index >= 15 is 0 Å². The molecule has 8 unspecified atom stereocenters. The predicted octanol–water partition coefficient (Wildman–Crippen LogP) is 1.15. The molecule has 47 heavy (non-hydrogen) atoms. The number of hydrogen-bond donors (Lipinski definition) is 8. The van der Waals surface area contributed by atoms with Crippen molar-refractivity contribution in [1.82, 2.24) is 42.5 Å². The average molecular weight is 716 g/mol. The zero-order chi connectivity index (χ0) is 32.7. The average Bonchev–Trinajstić information content (AvgIpc) is 3.81. The minimum atomic E-state index is -5.17. The first-order valence-electron chi connectivity index (χ1n) is 18.7. The molecule has 0 aromatic carbocycles. The summed E-state index contributed by atoms with van der Waals surface area (Å²) in [5.41, 5.74) is 0. The molecule has 5 heterocycles. The molecule has 9 aliphatic rings. The Labute approximate surface area is 290 Å².